The molecule has 9 rings (SSSR count). The molecule has 0 radical (unpaired) electrons. The normalized spacial score (nSPS) is 11.2. The third kappa shape index (κ3) is 4.74. The minimum absolute atomic E-state index is 0. The van der Waals surface area contributed by atoms with Crippen molar-refractivity contribution in [1.82, 2.24) is 9.97 Å². The van der Waals surface area contributed by atoms with Crippen LogP contribution in [-0.4, -0.2) is 9.97 Å². The maximum Gasteiger partial charge on any atom is 1.00 e. The fourth-order valence-corrected chi connectivity index (χ4v) is 7.03. The SMILES string of the molecule is [Li+].[Li+].[O-]c1c(-c2c3ccccc3c(-c3ccc4ccc[nH+]c4c3[O-])c3c2ccc2c(-c4cncnc4)cccc23)ccc2ccc[nH+]c12. The van der Waals surface area contributed by atoms with Crippen LogP contribution >= 0.6 is 0 Å². The number of benzene rings is 6. The molecular formula is C40H24Li2N4O2+2. The molecule has 6 aromatic carbocycles. The van der Waals surface area contributed by atoms with E-state index in [0.717, 1.165) is 65.3 Å². The number of pyridine rings is 2. The van der Waals surface area contributed by atoms with Crippen LogP contribution in [0.1, 0.15) is 0 Å². The Bertz CT molecular complexity index is 2680. The minimum atomic E-state index is -0.0771. The van der Waals surface area contributed by atoms with Gasteiger partial charge in [0.15, 0.2) is 12.4 Å². The molecule has 48 heavy (non-hydrogen) atoms. The molecule has 0 bridgehead atoms. The number of aromatic nitrogens is 4. The molecule has 216 valence electrons. The molecule has 2 N–H and O–H groups in total. The third-order valence-corrected chi connectivity index (χ3v) is 9.04. The molecular weight excluding hydrogens is 582 g/mol. The molecule has 6 nitrogen and oxygen atoms in total. The summed E-state index contributed by atoms with van der Waals surface area (Å²) >= 11 is 0. The van der Waals surface area contributed by atoms with E-state index in [2.05, 4.69) is 50.3 Å². The van der Waals surface area contributed by atoms with E-state index in [4.69, 9.17) is 0 Å². The molecule has 0 aliphatic carbocycles. The summed E-state index contributed by atoms with van der Waals surface area (Å²) in [5.41, 5.74) is 5.86. The Morgan fingerprint density at radius 1 is 0.458 bits per heavy atom. The molecule has 0 fully saturated rings. The summed E-state index contributed by atoms with van der Waals surface area (Å²) in [6, 6.07) is 33.9. The standard InChI is InChI=1S/C40H24N4O2.2Li/c45-39-32(14-12-23-6-4-18-43-37(23)39)34-29-8-1-2-9-30(29)36(33-15-13-24-7-5-19-44-38(24)40(33)46)35-28-11-3-10-26(25-20-41-22-42-21-25)27(28)16-17-31(34)35;;/h1-22,45-46H;;/q;2*+1. The summed E-state index contributed by atoms with van der Waals surface area (Å²) in [6.07, 6.45) is 8.70. The number of rotatable bonds is 3. The van der Waals surface area contributed by atoms with E-state index < -0.39 is 0 Å². The largest absolute Gasteiger partial charge is 1.00 e. The quantitative estimate of drug-likeness (QED) is 0.170. The van der Waals surface area contributed by atoms with Crippen LogP contribution in [0.25, 0.3) is 87.5 Å². The molecule has 0 unspecified atom stereocenters. The molecule has 3 aromatic heterocycles. The second-order valence-corrected chi connectivity index (χ2v) is 11.5. The molecule has 0 amide bonds. The van der Waals surface area contributed by atoms with E-state index in [1.807, 2.05) is 85.2 Å². The summed E-state index contributed by atoms with van der Waals surface area (Å²) in [7, 11) is 0. The van der Waals surface area contributed by atoms with Crippen molar-refractivity contribution in [3.8, 4) is 44.9 Å². The van der Waals surface area contributed by atoms with E-state index in [0.29, 0.717) is 22.2 Å². The number of nitrogens with zero attached hydrogens (tertiary/aromatic N) is 2. The topological polar surface area (TPSA) is 100 Å². The van der Waals surface area contributed by atoms with Gasteiger partial charge in [-0.05, 0) is 95.9 Å². The summed E-state index contributed by atoms with van der Waals surface area (Å²) in [6.45, 7) is 0. The van der Waals surface area contributed by atoms with Gasteiger partial charge in [-0.1, -0.05) is 66.7 Å². The van der Waals surface area contributed by atoms with Crippen LogP contribution in [0.2, 0.25) is 0 Å². The number of hydrogen-bond donors (Lipinski definition) is 0. The summed E-state index contributed by atoms with van der Waals surface area (Å²) in [5.74, 6) is -0.149. The summed E-state index contributed by atoms with van der Waals surface area (Å²) < 4.78 is 0. The number of nitrogens with one attached hydrogen (secondary N) is 2. The van der Waals surface area contributed by atoms with Crippen LogP contribution in [0.5, 0.6) is 11.5 Å². The molecule has 0 saturated heterocycles. The smallest absolute Gasteiger partial charge is 0.868 e. The van der Waals surface area contributed by atoms with Crippen LogP contribution in [0.4, 0.5) is 0 Å². The predicted molar refractivity (Wildman–Crippen MR) is 178 cm³/mol. The fraction of sp³-hybridized carbons (Fsp3) is 0. The van der Waals surface area contributed by atoms with Crippen LogP contribution in [0.3, 0.4) is 0 Å². The zero-order valence-electron chi connectivity index (χ0n) is 26.4. The van der Waals surface area contributed by atoms with Gasteiger partial charge < -0.3 is 10.2 Å². The van der Waals surface area contributed by atoms with E-state index in [9.17, 15) is 10.2 Å². The number of fused-ring (bicyclic) bond motifs is 6. The zero-order valence-corrected chi connectivity index (χ0v) is 26.4. The Morgan fingerprint density at radius 3 is 1.67 bits per heavy atom. The average molecular weight is 607 g/mol. The third-order valence-electron chi connectivity index (χ3n) is 9.04. The first-order valence-corrected chi connectivity index (χ1v) is 15.1. The fourth-order valence-electron chi connectivity index (χ4n) is 7.03. The van der Waals surface area contributed by atoms with Gasteiger partial charge in [0.2, 0.25) is 11.0 Å². The van der Waals surface area contributed by atoms with Crippen molar-refractivity contribution >= 4 is 54.1 Å². The Hall–Kier alpha value is -5.21. The Kier molecular flexibility index (Phi) is 8.13. The molecule has 0 aliphatic heterocycles. The molecule has 0 atom stereocenters. The number of aromatic amines is 2. The van der Waals surface area contributed by atoms with E-state index in [1.54, 1.807) is 12.4 Å². The van der Waals surface area contributed by atoms with Gasteiger partial charge >= 0.3 is 37.7 Å². The maximum absolute atomic E-state index is 14.3. The molecule has 0 saturated carbocycles. The Labute approximate surface area is 299 Å². The first kappa shape index (κ1) is 31.4. The summed E-state index contributed by atoms with van der Waals surface area (Å²) in [5, 5.41) is 35.7. The predicted octanol–water partition coefficient (Wildman–Crippen LogP) is 1.03. The second-order valence-electron chi connectivity index (χ2n) is 11.5. The van der Waals surface area contributed by atoms with Crippen LogP contribution in [0, 0.1) is 0 Å². The van der Waals surface area contributed by atoms with Crippen molar-refractivity contribution in [2.75, 3.05) is 0 Å². The van der Waals surface area contributed by atoms with Gasteiger partial charge in [-0.15, -0.1) is 0 Å². The number of hydrogen-bond acceptors (Lipinski definition) is 4. The minimum Gasteiger partial charge on any atom is -0.868 e. The maximum atomic E-state index is 14.3. The average Bonchev–Trinajstić information content (AvgIpc) is 3.12. The van der Waals surface area contributed by atoms with Crippen molar-refractivity contribution in [1.29, 1.82) is 0 Å². The van der Waals surface area contributed by atoms with Gasteiger partial charge in [-0.3, -0.25) is 0 Å². The van der Waals surface area contributed by atoms with Gasteiger partial charge in [0.1, 0.15) is 6.33 Å². The molecule has 3 heterocycles. The van der Waals surface area contributed by atoms with Crippen molar-refractivity contribution in [2.24, 2.45) is 0 Å². The Balaban J connectivity index is 0.00000182. The van der Waals surface area contributed by atoms with Crippen LogP contribution in [-0.2, 0) is 0 Å². The first-order valence-electron chi connectivity index (χ1n) is 15.1. The molecule has 9 aromatic rings. The molecule has 0 spiro atoms. The van der Waals surface area contributed by atoms with E-state index in [-0.39, 0.29) is 49.2 Å². The van der Waals surface area contributed by atoms with Crippen molar-refractivity contribution in [2.45, 2.75) is 0 Å². The first-order chi connectivity index (χ1) is 22.7. The van der Waals surface area contributed by atoms with Gasteiger partial charge in [0.05, 0.1) is 0 Å². The van der Waals surface area contributed by atoms with Crippen molar-refractivity contribution in [3.05, 3.63) is 134 Å². The molecule has 0 aliphatic rings. The van der Waals surface area contributed by atoms with Crippen molar-refractivity contribution in [3.63, 3.8) is 0 Å². The number of H-pyrrole nitrogens is 2. The van der Waals surface area contributed by atoms with Gasteiger partial charge in [0.25, 0.3) is 0 Å². The zero-order chi connectivity index (χ0) is 30.8. The van der Waals surface area contributed by atoms with Gasteiger partial charge in [0, 0.05) is 40.9 Å². The second kappa shape index (κ2) is 12.4. The van der Waals surface area contributed by atoms with E-state index >= 15 is 0 Å². The van der Waals surface area contributed by atoms with Crippen molar-refractivity contribution < 1.29 is 57.9 Å². The summed E-state index contributed by atoms with van der Waals surface area (Å²) in [4.78, 5) is 14.9. The Morgan fingerprint density at radius 2 is 1.02 bits per heavy atom. The van der Waals surface area contributed by atoms with Gasteiger partial charge in [-0.2, -0.15) is 0 Å². The van der Waals surface area contributed by atoms with Crippen LogP contribution < -0.4 is 57.9 Å². The van der Waals surface area contributed by atoms with Crippen LogP contribution in [0.15, 0.2) is 134 Å². The monoisotopic (exact) mass is 606 g/mol. The van der Waals surface area contributed by atoms with E-state index in [1.165, 1.54) is 6.33 Å². The molecule has 8 heteroatoms. The van der Waals surface area contributed by atoms with Gasteiger partial charge in [-0.25, -0.2) is 19.9 Å².